The van der Waals surface area contributed by atoms with E-state index < -0.39 is 0 Å². The van der Waals surface area contributed by atoms with Gasteiger partial charge in [-0.15, -0.1) is 0 Å². The molecule has 0 saturated heterocycles. The molecule has 0 bridgehead atoms. The average molecular weight is 669 g/mol. The van der Waals surface area contributed by atoms with Gasteiger partial charge in [0.1, 0.15) is 11.1 Å². The summed E-state index contributed by atoms with van der Waals surface area (Å²) in [6.45, 7) is 0. The molecule has 2 aliphatic carbocycles. The number of benzene rings is 6. The minimum atomic E-state index is 0.237. The highest BCUT2D eigenvalue weighted by molar-refractivity contribution is 6.06. The summed E-state index contributed by atoms with van der Waals surface area (Å²) in [5, 5.41) is 4.69. The zero-order chi connectivity index (χ0) is 34.4. The molecule has 3 nitrogen and oxygen atoms in total. The van der Waals surface area contributed by atoms with E-state index in [9.17, 15) is 0 Å². The van der Waals surface area contributed by atoms with Crippen LogP contribution in [0.3, 0.4) is 0 Å². The van der Waals surface area contributed by atoms with Gasteiger partial charge < -0.3 is 9.32 Å². The summed E-state index contributed by atoms with van der Waals surface area (Å²) in [7, 11) is 0. The lowest BCUT2D eigenvalue weighted by Crippen LogP contribution is -2.25. The van der Waals surface area contributed by atoms with Crippen LogP contribution in [-0.2, 0) is 0 Å². The first-order valence-electron chi connectivity index (χ1n) is 18.2. The molecule has 10 rings (SSSR count). The molecule has 3 unspecified atom stereocenters. The zero-order valence-electron chi connectivity index (χ0n) is 28.6. The SMILES string of the molecule is C1=CCC(C2C=C(N(c3ccc(-c4ccccc4)cc3)c3ccc4nc5c(cc4c3)oc3ccccc35)C=CC2c2cccc3ccccc23)C=C1. The van der Waals surface area contributed by atoms with E-state index in [-0.39, 0.29) is 11.8 Å². The van der Waals surface area contributed by atoms with Crippen molar-refractivity contribution in [3.63, 3.8) is 0 Å². The summed E-state index contributed by atoms with van der Waals surface area (Å²) in [4.78, 5) is 7.49. The molecule has 3 heteroatoms. The van der Waals surface area contributed by atoms with Crippen LogP contribution in [0, 0.1) is 11.8 Å². The molecule has 6 aromatic carbocycles. The standard InChI is InChI=1S/C49H36N2O/c1-3-12-33(13-4-1)34-22-24-38(25-23-34)51(39-27-29-46-37(30-39)31-48-49(50-46)44-19-9-10-21-47(44)52-48)40-26-28-43(45(32-40)36-14-5-2-6-15-36)42-20-11-17-35-16-7-8-18-41(35)42/h1-14,16-32,36,43,45H,15H2. The zero-order valence-corrected chi connectivity index (χ0v) is 28.6. The maximum atomic E-state index is 6.27. The Bertz CT molecular complexity index is 2730. The van der Waals surface area contributed by atoms with E-state index in [1.54, 1.807) is 0 Å². The summed E-state index contributed by atoms with van der Waals surface area (Å²) >= 11 is 0. The van der Waals surface area contributed by atoms with Crippen molar-refractivity contribution in [1.82, 2.24) is 4.98 Å². The number of fused-ring (bicyclic) bond motifs is 5. The summed E-state index contributed by atoms with van der Waals surface area (Å²) in [6.07, 6.45) is 17.4. The van der Waals surface area contributed by atoms with Crippen molar-refractivity contribution in [3.05, 3.63) is 199 Å². The first-order chi connectivity index (χ1) is 25.8. The Morgan fingerprint density at radius 3 is 2.23 bits per heavy atom. The molecule has 2 heterocycles. The Kier molecular flexibility index (Phi) is 7.42. The van der Waals surface area contributed by atoms with Crippen LogP contribution in [-0.4, -0.2) is 4.98 Å². The van der Waals surface area contributed by atoms with Crippen LogP contribution < -0.4 is 4.90 Å². The maximum Gasteiger partial charge on any atom is 0.154 e. The molecular formula is C49H36N2O. The second-order valence-electron chi connectivity index (χ2n) is 13.9. The Labute approximate surface area is 303 Å². The van der Waals surface area contributed by atoms with Gasteiger partial charge >= 0.3 is 0 Å². The number of furan rings is 1. The fraction of sp³-hybridized carbons (Fsp3) is 0.0816. The summed E-state index contributed by atoms with van der Waals surface area (Å²) in [6, 6.07) is 52.0. The lowest BCUT2D eigenvalue weighted by molar-refractivity contribution is 0.433. The quantitative estimate of drug-likeness (QED) is 0.177. The number of hydrogen-bond donors (Lipinski definition) is 0. The van der Waals surface area contributed by atoms with Crippen molar-refractivity contribution in [1.29, 1.82) is 0 Å². The first kappa shape index (κ1) is 30.4. The van der Waals surface area contributed by atoms with E-state index in [0.29, 0.717) is 5.92 Å². The Balaban J connectivity index is 1.12. The van der Waals surface area contributed by atoms with Gasteiger partial charge in [0.15, 0.2) is 5.58 Å². The van der Waals surface area contributed by atoms with Crippen LogP contribution in [0.5, 0.6) is 0 Å². The third-order valence-corrected chi connectivity index (χ3v) is 10.8. The lowest BCUT2D eigenvalue weighted by Gasteiger charge is -2.36. The smallest absolute Gasteiger partial charge is 0.154 e. The Morgan fingerprint density at radius 1 is 0.596 bits per heavy atom. The average Bonchev–Trinajstić information content (AvgIpc) is 3.58. The van der Waals surface area contributed by atoms with E-state index in [0.717, 1.165) is 56.5 Å². The number of nitrogens with zero attached hydrogens (tertiary/aromatic N) is 2. The highest BCUT2D eigenvalue weighted by Crippen LogP contribution is 2.45. The number of hydrogen-bond acceptors (Lipinski definition) is 3. The Morgan fingerprint density at radius 2 is 1.37 bits per heavy atom. The molecule has 0 N–H and O–H groups in total. The number of anilines is 2. The molecule has 0 saturated carbocycles. The van der Waals surface area contributed by atoms with Gasteiger partial charge in [-0.1, -0.05) is 134 Å². The molecule has 0 fully saturated rings. The normalized spacial score (nSPS) is 18.4. The van der Waals surface area contributed by atoms with E-state index in [1.165, 1.54) is 27.5 Å². The summed E-state index contributed by atoms with van der Waals surface area (Å²) in [5.74, 6) is 0.870. The van der Waals surface area contributed by atoms with Crippen LogP contribution in [0.15, 0.2) is 198 Å². The van der Waals surface area contributed by atoms with Gasteiger partial charge in [-0.2, -0.15) is 0 Å². The molecule has 248 valence electrons. The van der Waals surface area contributed by atoms with Gasteiger partial charge in [0, 0.05) is 33.8 Å². The second kappa shape index (κ2) is 12.7. The van der Waals surface area contributed by atoms with Gasteiger partial charge in [-0.25, -0.2) is 4.98 Å². The number of pyridine rings is 1. The minimum absolute atomic E-state index is 0.237. The van der Waals surface area contributed by atoms with Crippen molar-refractivity contribution < 1.29 is 4.42 Å². The largest absolute Gasteiger partial charge is 0.454 e. The van der Waals surface area contributed by atoms with E-state index in [2.05, 4.69) is 175 Å². The molecule has 2 aliphatic rings. The third kappa shape index (κ3) is 5.34. The van der Waals surface area contributed by atoms with Gasteiger partial charge in [-0.05, 0) is 100 Å². The van der Waals surface area contributed by atoms with Crippen molar-refractivity contribution >= 4 is 55.1 Å². The molecule has 52 heavy (non-hydrogen) atoms. The Hall–Kier alpha value is -6.45. The highest BCUT2D eigenvalue weighted by atomic mass is 16.3. The summed E-state index contributed by atoms with van der Waals surface area (Å²) in [5.41, 5.74) is 10.6. The fourth-order valence-corrected chi connectivity index (χ4v) is 8.27. The maximum absolute atomic E-state index is 6.27. The molecular weight excluding hydrogens is 633 g/mol. The topological polar surface area (TPSA) is 29.3 Å². The number of allylic oxidation sites excluding steroid dienone is 7. The fourth-order valence-electron chi connectivity index (χ4n) is 8.27. The number of para-hydroxylation sites is 1. The molecule has 3 atom stereocenters. The van der Waals surface area contributed by atoms with Crippen LogP contribution >= 0.6 is 0 Å². The van der Waals surface area contributed by atoms with Crippen molar-refractivity contribution in [2.24, 2.45) is 11.8 Å². The molecule has 0 amide bonds. The molecule has 0 radical (unpaired) electrons. The molecule has 8 aromatic rings. The minimum Gasteiger partial charge on any atom is -0.454 e. The highest BCUT2D eigenvalue weighted by Gasteiger charge is 2.31. The van der Waals surface area contributed by atoms with Gasteiger partial charge in [0.05, 0.1) is 5.52 Å². The van der Waals surface area contributed by atoms with E-state index >= 15 is 0 Å². The van der Waals surface area contributed by atoms with Crippen LogP contribution in [0.25, 0.3) is 54.9 Å². The van der Waals surface area contributed by atoms with Crippen molar-refractivity contribution in [3.8, 4) is 11.1 Å². The van der Waals surface area contributed by atoms with Crippen molar-refractivity contribution in [2.45, 2.75) is 12.3 Å². The van der Waals surface area contributed by atoms with Gasteiger partial charge in [-0.3, -0.25) is 0 Å². The first-order valence-corrected chi connectivity index (χ1v) is 18.2. The predicted molar refractivity (Wildman–Crippen MR) is 217 cm³/mol. The van der Waals surface area contributed by atoms with E-state index in [4.69, 9.17) is 9.40 Å². The van der Waals surface area contributed by atoms with Gasteiger partial charge in [0.2, 0.25) is 0 Å². The third-order valence-electron chi connectivity index (χ3n) is 10.8. The van der Waals surface area contributed by atoms with Crippen LogP contribution in [0.2, 0.25) is 0 Å². The number of rotatable bonds is 6. The monoisotopic (exact) mass is 668 g/mol. The lowest BCUT2D eigenvalue weighted by atomic mass is 9.72. The van der Waals surface area contributed by atoms with Crippen LogP contribution in [0.1, 0.15) is 17.9 Å². The summed E-state index contributed by atoms with van der Waals surface area (Å²) < 4.78 is 6.27. The van der Waals surface area contributed by atoms with Gasteiger partial charge in [0.25, 0.3) is 0 Å². The van der Waals surface area contributed by atoms with E-state index in [1.807, 2.05) is 18.2 Å². The molecule has 0 spiro atoms. The molecule has 2 aromatic heterocycles. The van der Waals surface area contributed by atoms with Crippen molar-refractivity contribution in [2.75, 3.05) is 4.90 Å². The predicted octanol–water partition coefficient (Wildman–Crippen LogP) is 13.1. The van der Waals surface area contributed by atoms with Crippen LogP contribution in [0.4, 0.5) is 11.4 Å². The second-order valence-corrected chi connectivity index (χ2v) is 13.9. The number of aromatic nitrogens is 1. The molecule has 0 aliphatic heterocycles.